The Morgan fingerprint density at radius 3 is 0.938 bits per heavy atom. The van der Waals surface area contributed by atoms with Crippen LogP contribution in [0.4, 0.5) is 10.3 Å². The third-order valence-electron chi connectivity index (χ3n) is 19.4. The highest BCUT2D eigenvalue weighted by Crippen LogP contribution is 2.31. The third kappa shape index (κ3) is 25.2. The Morgan fingerprint density at radius 2 is 0.607 bits per heavy atom. The van der Waals surface area contributed by atoms with Crippen molar-refractivity contribution in [1.29, 1.82) is 0 Å². The molecule has 5 aliphatic heterocycles. The number of rotatable bonds is 14. The number of carboxylic acids is 4. The van der Waals surface area contributed by atoms with E-state index in [1.54, 1.807) is 77.7 Å². The van der Waals surface area contributed by atoms with Crippen LogP contribution >= 0.6 is 22.7 Å². The normalized spacial score (nSPS) is 14.5. The van der Waals surface area contributed by atoms with Gasteiger partial charge in [0.05, 0.1) is 33.6 Å². The molecule has 0 unspecified atom stereocenters. The number of aryl methyl sites for hydroxylation is 4. The number of carbonyl (C=O) groups is 10. The molecule has 586 valence electrons. The van der Waals surface area contributed by atoms with Gasteiger partial charge < -0.3 is 45.3 Å². The van der Waals surface area contributed by atoms with Gasteiger partial charge in [0.2, 0.25) is 0 Å². The van der Waals surface area contributed by atoms with E-state index in [0.29, 0.717) is 43.6 Å². The third-order valence-corrected chi connectivity index (χ3v) is 20.9. The van der Waals surface area contributed by atoms with Gasteiger partial charge >= 0.3 is 23.9 Å². The molecule has 5 fully saturated rings. The largest absolute Gasteiger partial charge is 0.478 e. The second-order valence-electron chi connectivity index (χ2n) is 28.0. The van der Waals surface area contributed by atoms with Gasteiger partial charge in [0.15, 0.2) is 10.3 Å². The number of nitrogens with zero attached hydrogens (tertiary/aromatic N) is 6. The number of aromatic carboxylic acids is 4. The van der Waals surface area contributed by atoms with Crippen LogP contribution in [0, 0.1) is 27.7 Å². The van der Waals surface area contributed by atoms with Crippen LogP contribution in [0.25, 0.3) is 22.5 Å². The first-order valence-electron chi connectivity index (χ1n) is 38.0. The summed E-state index contributed by atoms with van der Waals surface area (Å²) in [5.74, 6) is -4.74. The molecule has 14 rings (SSSR count). The minimum atomic E-state index is -1.13. The van der Waals surface area contributed by atoms with Crippen LogP contribution < -0.4 is 16.0 Å². The number of carbonyl (C=O) groups excluding carboxylic acids is 6. The fourth-order valence-electron chi connectivity index (χ4n) is 13.1. The average Bonchev–Trinajstić information content (AvgIpc) is 1.68. The van der Waals surface area contributed by atoms with E-state index in [0.717, 1.165) is 143 Å². The van der Waals surface area contributed by atoms with Crippen LogP contribution in [0.5, 0.6) is 0 Å². The van der Waals surface area contributed by atoms with Crippen LogP contribution in [0.15, 0.2) is 168 Å². The van der Waals surface area contributed by atoms with Crippen molar-refractivity contribution in [2.45, 2.75) is 124 Å². The second kappa shape index (κ2) is 42.6. The predicted octanol–water partition coefficient (Wildman–Crippen LogP) is 16.5. The molecule has 7 N–H and O–H groups in total. The monoisotopic (exact) mass is 1560 g/mol. The van der Waals surface area contributed by atoms with E-state index in [1.165, 1.54) is 134 Å². The number of anilines is 2. The zero-order chi connectivity index (χ0) is 80.1. The highest BCUT2D eigenvalue weighted by Gasteiger charge is 2.24. The van der Waals surface area contributed by atoms with Gasteiger partial charge in [-0.3, -0.25) is 39.4 Å². The number of aromatic nitrogens is 2. The molecule has 25 heteroatoms. The first-order valence-corrected chi connectivity index (χ1v) is 39.8. The molecule has 2 aromatic heterocycles. The standard InChI is InChI=1S/2C24H25N3O2S.2C13H15NO3.C8H6O4.C5H11N/c1-16-6-7-17(2)20(14-16)21-15-30-24(25-21)26-22(28)18-8-10-19(11-9-18)23(29)27-12-4-3-5-13-27;1-16-9-10-17(2)20(13-16)21-15-30-24(25-21)26-22(28)18-7-6-8-19(14-18)23(29)27-11-4-3-5-12-27;15-12(14-8-2-1-3-9-14)10-4-6-11(7-5-10)13(16)17;15-12(14-7-2-1-3-8-14)10-5-4-6-11(9-10)13(16)17;9-7(10)5-2-1-3-6(4-5)8(11)12;1-2-4-6-5-3-1/h6-11,14-15H,3-5,12-13H2,1-2H3,(H,25,26,28);6-10,13-15H,3-5,11-12H2,1-2H3,(H,25,26,28);4-7H,1-3,8-9H2,(H,16,17);4-6,9H,1-3,7-8H2,(H,16,17);1-4H,(H,9,10)(H,11,12);6H,1-5H2. The molecule has 23 nitrogen and oxygen atoms in total. The lowest BCUT2D eigenvalue weighted by molar-refractivity contribution is 0.0679. The summed E-state index contributed by atoms with van der Waals surface area (Å²) in [4.78, 5) is 134. The number of carboxylic acid groups (broad SMARTS) is 4. The highest BCUT2D eigenvalue weighted by atomic mass is 32.1. The lowest BCUT2D eigenvalue weighted by Gasteiger charge is -2.26. The van der Waals surface area contributed by atoms with Gasteiger partial charge in [-0.15, -0.1) is 22.7 Å². The maximum atomic E-state index is 12.8. The Balaban J connectivity index is 0.000000163. The maximum Gasteiger partial charge on any atom is 0.335 e. The Labute approximate surface area is 660 Å². The topological polar surface area (TPSA) is 326 Å². The number of likely N-dealkylation sites (tertiary alicyclic amines) is 4. The lowest BCUT2D eigenvalue weighted by Crippen LogP contribution is -2.35. The summed E-state index contributed by atoms with van der Waals surface area (Å²) in [5, 5.41) is 48.7. The van der Waals surface area contributed by atoms with Crippen LogP contribution in [-0.2, 0) is 0 Å². The molecule has 7 heterocycles. The lowest BCUT2D eigenvalue weighted by atomic mass is 10.0. The molecule has 0 saturated carbocycles. The molecule has 6 amide bonds. The second-order valence-corrected chi connectivity index (χ2v) is 29.7. The van der Waals surface area contributed by atoms with Gasteiger partial charge in [-0.25, -0.2) is 29.1 Å². The average molecular weight is 1560 g/mol. The van der Waals surface area contributed by atoms with Crippen LogP contribution in [0.3, 0.4) is 0 Å². The Kier molecular flexibility index (Phi) is 32.1. The summed E-state index contributed by atoms with van der Waals surface area (Å²) in [7, 11) is 0. The van der Waals surface area contributed by atoms with Crippen LogP contribution in [0.1, 0.15) is 222 Å². The van der Waals surface area contributed by atoms with Crippen molar-refractivity contribution in [2.24, 2.45) is 0 Å². The number of amides is 6. The van der Waals surface area contributed by atoms with E-state index in [1.807, 2.05) is 25.5 Å². The summed E-state index contributed by atoms with van der Waals surface area (Å²) in [6, 6.07) is 43.8. The minimum absolute atomic E-state index is 0.00152. The molecule has 5 saturated heterocycles. The number of hydrogen-bond donors (Lipinski definition) is 7. The van der Waals surface area contributed by atoms with Crippen molar-refractivity contribution in [3.8, 4) is 22.5 Å². The SMILES string of the molecule is C1CCNCC1.Cc1ccc(C)c(-c2csc(NC(=O)c3ccc(C(=O)N4CCCCC4)cc3)n2)c1.Cc1ccc(C)c(-c2csc(NC(=O)c3cccc(C(=O)N4CCCCC4)c3)n2)c1.O=C(O)c1ccc(C(=O)N2CCCCC2)cc1.O=C(O)c1cccc(C(=O)N2CCCCC2)c1.O=C(O)c1cccc(C(=O)O)c1. The first kappa shape index (κ1) is 84.5. The molecular weight excluding hydrogens is 1460 g/mol. The molecule has 0 atom stereocenters. The van der Waals surface area contributed by atoms with Crippen molar-refractivity contribution < 1.29 is 68.4 Å². The number of hydrogen-bond acceptors (Lipinski definition) is 15. The van der Waals surface area contributed by atoms with E-state index in [2.05, 4.69) is 90.0 Å². The number of benzene rings is 7. The zero-order valence-corrected chi connectivity index (χ0v) is 65.3. The van der Waals surface area contributed by atoms with Gasteiger partial charge in [-0.1, -0.05) is 60.0 Å². The van der Waals surface area contributed by atoms with Crippen LogP contribution in [-0.4, -0.2) is 175 Å². The summed E-state index contributed by atoms with van der Waals surface area (Å²) in [5.41, 5.74) is 12.0. The van der Waals surface area contributed by atoms with Crippen molar-refractivity contribution in [1.82, 2.24) is 34.9 Å². The molecule has 0 bridgehead atoms. The van der Waals surface area contributed by atoms with Crippen LogP contribution in [0.2, 0.25) is 0 Å². The summed E-state index contributed by atoms with van der Waals surface area (Å²) in [6.45, 7) is 17.1. The van der Waals surface area contributed by atoms with Crippen molar-refractivity contribution in [3.63, 3.8) is 0 Å². The van der Waals surface area contributed by atoms with Gasteiger partial charge in [0.1, 0.15) is 0 Å². The fraction of sp³-hybridized carbons (Fsp3) is 0.333. The summed E-state index contributed by atoms with van der Waals surface area (Å²) in [6.07, 6.45) is 17.3. The van der Waals surface area contributed by atoms with E-state index >= 15 is 0 Å². The molecule has 7 aromatic carbocycles. The molecule has 0 aliphatic carbocycles. The fourth-order valence-corrected chi connectivity index (χ4v) is 14.5. The van der Waals surface area contributed by atoms with Gasteiger partial charge in [-0.2, -0.15) is 0 Å². The maximum absolute atomic E-state index is 12.8. The van der Waals surface area contributed by atoms with E-state index in [-0.39, 0.29) is 57.7 Å². The first-order chi connectivity index (χ1) is 54.0. The van der Waals surface area contributed by atoms with Gasteiger partial charge in [-0.05, 0) is 257 Å². The molecule has 0 spiro atoms. The van der Waals surface area contributed by atoms with E-state index < -0.39 is 23.9 Å². The molecule has 112 heavy (non-hydrogen) atoms. The van der Waals surface area contributed by atoms with E-state index in [4.69, 9.17) is 20.4 Å². The molecule has 9 aromatic rings. The Morgan fingerprint density at radius 1 is 0.321 bits per heavy atom. The highest BCUT2D eigenvalue weighted by molar-refractivity contribution is 7.14. The Hall–Kier alpha value is -11.5. The van der Waals surface area contributed by atoms with E-state index in [9.17, 15) is 47.9 Å². The van der Waals surface area contributed by atoms with Crippen molar-refractivity contribution in [2.75, 3.05) is 76.1 Å². The minimum Gasteiger partial charge on any atom is -0.478 e. The summed E-state index contributed by atoms with van der Waals surface area (Å²) >= 11 is 2.80. The Bertz CT molecular complexity index is 4700. The zero-order valence-electron chi connectivity index (χ0n) is 63.7. The number of thiazole rings is 2. The number of nitrogens with one attached hydrogen (secondary N) is 3. The smallest absolute Gasteiger partial charge is 0.335 e. The number of piperidine rings is 5. The summed E-state index contributed by atoms with van der Waals surface area (Å²) < 4.78 is 0. The van der Waals surface area contributed by atoms with Crippen molar-refractivity contribution in [3.05, 3.63) is 246 Å². The van der Waals surface area contributed by atoms with Crippen molar-refractivity contribution >= 4 is 92.3 Å². The van der Waals surface area contributed by atoms with Gasteiger partial charge in [0, 0.05) is 108 Å². The molecular formula is C87H97N9O14S2. The molecule has 5 aliphatic rings. The predicted molar refractivity (Wildman–Crippen MR) is 436 cm³/mol. The molecule has 0 radical (unpaired) electrons. The van der Waals surface area contributed by atoms with Gasteiger partial charge in [0.25, 0.3) is 35.4 Å². The quantitative estimate of drug-likeness (QED) is 0.0532.